The third kappa shape index (κ3) is 6.71. The molecule has 0 saturated heterocycles. The third-order valence-corrected chi connectivity index (χ3v) is 3.21. The van der Waals surface area contributed by atoms with Gasteiger partial charge in [-0.1, -0.05) is 20.8 Å². The standard InChI is InChI=1S/C16H30N6O/c1-7-17-15(19-9-8-18-14(23)16(2,3)4)21(5)11-13-10-20-22(6)12-13/h10,12H,7-9,11H2,1-6H3,(H,17,19)(H,18,23). The summed E-state index contributed by atoms with van der Waals surface area (Å²) in [6.07, 6.45) is 3.84. The molecule has 0 spiro atoms. The van der Waals surface area contributed by atoms with Crippen LogP contribution in [0.2, 0.25) is 0 Å². The van der Waals surface area contributed by atoms with Gasteiger partial charge in [0.2, 0.25) is 5.91 Å². The number of nitrogens with zero attached hydrogens (tertiary/aromatic N) is 4. The van der Waals surface area contributed by atoms with Gasteiger partial charge in [-0.05, 0) is 6.92 Å². The fraction of sp³-hybridized carbons (Fsp3) is 0.688. The van der Waals surface area contributed by atoms with E-state index < -0.39 is 0 Å². The number of rotatable bonds is 6. The Labute approximate surface area is 139 Å². The van der Waals surface area contributed by atoms with Gasteiger partial charge in [-0.3, -0.25) is 14.5 Å². The number of hydrogen-bond acceptors (Lipinski definition) is 3. The van der Waals surface area contributed by atoms with Gasteiger partial charge in [0, 0.05) is 50.9 Å². The molecular formula is C16H30N6O. The normalized spacial score (nSPS) is 12.2. The second kappa shape index (κ2) is 8.55. The summed E-state index contributed by atoms with van der Waals surface area (Å²) in [7, 11) is 3.89. The molecule has 0 aliphatic heterocycles. The Morgan fingerprint density at radius 1 is 1.39 bits per heavy atom. The Morgan fingerprint density at radius 3 is 2.61 bits per heavy atom. The van der Waals surface area contributed by atoms with E-state index in [1.807, 2.05) is 59.1 Å². The summed E-state index contributed by atoms with van der Waals surface area (Å²) >= 11 is 0. The monoisotopic (exact) mass is 322 g/mol. The van der Waals surface area contributed by atoms with Crippen LogP contribution in [-0.4, -0.2) is 53.2 Å². The van der Waals surface area contributed by atoms with Gasteiger partial charge in [-0.25, -0.2) is 0 Å². The van der Waals surface area contributed by atoms with Gasteiger partial charge in [0.1, 0.15) is 0 Å². The van der Waals surface area contributed by atoms with Crippen LogP contribution in [0.15, 0.2) is 17.4 Å². The van der Waals surface area contributed by atoms with Crippen molar-refractivity contribution < 1.29 is 4.79 Å². The van der Waals surface area contributed by atoms with E-state index in [2.05, 4.69) is 20.7 Å². The van der Waals surface area contributed by atoms with Crippen molar-refractivity contribution >= 4 is 11.9 Å². The van der Waals surface area contributed by atoms with Crippen molar-refractivity contribution in [2.75, 3.05) is 26.7 Å². The summed E-state index contributed by atoms with van der Waals surface area (Å²) < 4.78 is 1.79. The van der Waals surface area contributed by atoms with Gasteiger partial charge in [0.25, 0.3) is 0 Å². The molecular weight excluding hydrogens is 292 g/mol. The zero-order valence-corrected chi connectivity index (χ0v) is 15.2. The van der Waals surface area contributed by atoms with Crippen LogP contribution in [0, 0.1) is 5.41 Å². The Hall–Kier alpha value is -2.05. The third-order valence-electron chi connectivity index (χ3n) is 3.21. The second-order valence-electron chi connectivity index (χ2n) is 6.62. The molecule has 0 aliphatic rings. The lowest BCUT2D eigenvalue weighted by molar-refractivity contribution is -0.128. The molecule has 0 atom stereocenters. The molecule has 1 aromatic heterocycles. The van der Waals surface area contributed by atoms with Crippen LogP contribution in [0.1, 0.15) is 33.3 Å². The molecule has 2 N–H and O–H groups in total. The van der Waals surface area contributed by atoms with Gasteiger partial charge in [-0.15, -0.1) is 0 Å². The molecule has 0 aromatic carbocycles. The van der Waals surface area contributed by atoms with Crippen LogP contribution in [0.3, 0.4) is 0 Å². The zero-order valence-electron chi connectivity index (χ0n) is 15.2. The fourth-order valence-electron chi connectivity index (χ4n) is 1.97. The van der Waals surface area contributed by atoms with Crippen molar-refractivity contribution in [1.29, 1.82) is 0 Å². The lowest BCUT2D eigenvalue weighted by Gasteiger charge is -2.21. The molecule has 130 valence electrons. The first kappa shape index (κ1) is 19.0. The number of hydrogen-bond donors (Lipinski definition) is 2. The summed E-state index contributed by atoms with van der Waals surface area (Å²) in [5, 5.41) is 10.3. The maximum absolute atomic E-state index is 11.8. The predicted molar refractivity (Wildman–Crippen MR) is 93.1 cm³/mol. The molecule has 1 heterocycles. The van der Waals surface area contributed by atoms with Crippen molar-refractivity contribution in [3.05, 3.63) is 18.0 Å². The first-order chi connectivity index (χ1) is 10.7. The number of guanidine groups is 1. The molecule has 0 fully saturated rings. The van der Waals surface area contributed by atoms with Crippen LogP contribution >= 0.6 is 0 Å². The molecule has 1 rings (SSSR count). The van der Waals surface area contributed by atoms with Crippen LogP contribution in [-0.2, 0) is 18.4 Å². The Balaban J connectivity index is 2.53. The van der Waals surface area contributed by atoms with Crippen LogP contribution in [0.5, 0.6) is 0 Å². The number of amides is 1. The lowest BCUT2D eigenvalue weighted by atomic mass is 9.96. The molecule has 7 heteroatoms. The first-order valence-electron chi connectivity index (χ1n) is 7.99. The quantitative estimate of drug-likeness (QED) is 0.465. The minimum atomic E-state index is -0.370. The van der Waals surface area contributed by atoms with Crippen molar-refractivity contribution in [2.45, 2.75) is 34.2 Å². The number of nitrogens with one attached hydrogen (secondary N) is 2. The van der Waals surface area contributed by atoms with Gasteiger partial charge >= 0.3 is 0 Å². The Morgan fingerprint density at radius 2 is 2.09 bits per heavy atom. The molecule has 0 aliphatic carbocycles. The van der Waals surface area contributed by atoms with Crippen LogP contribution in [0.25, 0.3) is 0 Å². The minimum absolute atomic E-state index is 0.0430. The summed E-state index contributed by atoms with van der Waals surface area (Å²) in [6, 6.07) is 0. The molecule has 0 radical (unpaired) electrons. The minimum Gasteiger partial charge on any atom is -0.357 e. The van der Waals surface area contributed by atoms with Crippen molar-refractivity contribution in [3.8, 4) is 0 Å². The van der Waals surface area contributed by atoms with E-state index in [0.717, 1.165) is 24.6 Å². The molecule has 23 heavy (non-hydrogen) atoms. The van der Waals surface area contributed by atoms with E-state index in [9.17, 15) is 4.79 Å². The molecule has 0 saturated carbocycles. The average molecular weight is 322 g/mol. The van der Waals surface area contributed by atoms with E-state index in [-0.39, 0.29) is 11.3 Å². The Bertz CT molecular complexity index is 529. The van der Waals surface area contributed by atoms with E-state index in [1.165, 1.54) is 0 Å². The van der Waals surface area contributed by atoms with Crippen molar-refractivity contribution in [2.24, 2.45) is 17.5 Å². The van der Waals surface area contributed by atoms with E-state index in [0.29, 0.717) is 13.1 Å². The largest absolute Gasteiger partial charge is 0.357 e. The summed E-state index contributed by atoms with van der Waals surface area (Å²) in [5.41, 5.74) is 0.757. The van der Waals surface area contributed by atoms with E-state index in [4.69, 9.17) is 0 Å². The molecule has 0 bridgehead atoms. The average Bonchev–Trinajstić information content (AvgIpc) is 2.86. The summed E-state index contributed by atoms with van der Waals surface area (Å²) in [4.78, 5) is 18.4. The topological polar surface area (TPSA) is 74.6 Å². The number of carbonyl (C=O) groups excluding carboxylic acids is 1. The molecule has 1 aromatic rings. The highest BCUT2D eigenvalue weighted by Crippen LogP contribution is 2.11. The lowest BCUT2D eigenvalue weighted by Crippen LogP contribution is -2.40. The van der Waals surface area contributed by atoms with Crippen LogP contribution < -0.4 is 10.6 Å². The SMILES string of the molecule is CCNC(=NCCNC(=O)C(C)(C)C)N(C)Cc1cnn(C)c1. The number of carbonyl (C=O) groups is 1. The first-order valence-corrected chi connectivity index (χ1v) is 7.99. The summed E-state index contributed by atoms with van der Waals surface area (Å²) in [5.74, 6) is 0.864. The summed E-state index contributed by atoms with van der Waals surface area (Å²) in [6.45, 7) is 10.3. The van der Waals surface area contributed by atoms with E-state index >= 15 is 0 Å². The molecule has 1 amide bonds. The van der Waals surface area contributed by atoms with Gasteiger partial charge < -0.3 is 15.5 Å². The fourth-order valence-corrected chi connectivity index (χ4v) is 1.97. The number of aromatic nitrogens is 2. The maximum Gasteiger partial charge on any atom is 0.225 e. The second-order valence-corrected chi connectivity index (χ2v) is 6.62. The number of aliphatic imine (C=N–C) groups is 1. The highest BCUT2D eigenvalue weighted by Gasteiger charge is 2.20. The van der Waals surface area contributed by atoms with Gasteiger partial charge in [-0.2, -0.15) is 5.10 Å². The van der Waals surface area contributed by atoms with Gasteiger partial charge in [0.05, 0.1) is 12.7 Å². The highest BCUT2D eigenvalue weighted by atomic mass is 16.2. The predicted octanol–water partition coefficient (Wildman–Crippen LogP) is 0.980. The molecule has 0 unspecified atom stereocenters. The van der Waals surface area contributed by atoms with E-state index in [1.54, 1.807) is 4.68 Å². The smallest absolute Gasteiger partial charge is 0.225 e. The van der Waals surface area contributed by atoms with Gasteiger partial charge in [0.15, 0.2) is 5.96 Å². The maximum atomic E-state index is 11.8. The van der Waals surface area contributed by atoms with Crippen molar-refractivity contribution in [3.63, 3.8) is 0 Å². The zero-order chi connectivity index (χ0) is 17.5. The van der Waals surface area contributed by atoms with Crippen molar-refractivity contribution in [1.82, 2.24) is 25.3 Å². The van der Waals surface area contributed by atoms with Crippen LogP contribution in [0.4, 0.5) is 0 Å². The Kier molecular flexibility index (Phi) is 7.06. The number of aryl methyl sites for hydroxylation is 1. The molecule has 7 nitrogen and oxygen atoms in total. The highest BCUT2D eigenvalue weighted by molar-refractivity contribution is 5.81.